The Morgan fingerprint density at radius 2 is 2.21 bits per heavy atom. The molecule has 1 aromatic carbocycles. The number of carbonyl (C=O) groups is 1. The number of ether oxygens (including phenoxy) is 1. The molecule has 1 aliphatic rings. The number of hydrogen-bond donors (Lipinski definition) is 1. The summed E-state index contributed by atoms with van der Waals surface area (Å²) in [7, 11) is 0. The molecule has 1 saturated heterocycles. The number of aryl methyl sites for hydroxylation is 1. The molecule has 2 aromatic rings. The maximum Gasteiger partial charge on any atom is 0.244 e. The van der Waals surface area contributed by atoms with Crippen molar-refractivity contribution in [3.8, 4) is 0 Å². The quantitative estimate of drug-likeness (QED) is 0.779. The first-order valence-electron chi connectivity index (χ1n) is 7.84. The van der Waals surface area contributed by atoms with Crippen LogP contribution < -0.4 is 5.32 Å². The van der Waals surface area contributed by atoms with Gasteiger partial charge in [0, 0.05) is 29.1 Å². The normalized spacial score (nSPS) is 17.1. The second-order valence-corrected chi connectivity index (χ2v) is 7.80. The highest BCUT2D eigenvalue weighted by Gasteiger charge is 2.35. The van der Waals surface area contributed by atoms with Gasteiger partial charge < -0.3 is 10.1 Å². The van der Waals surface area contributed by atoms with Crippen molar-refractivity contribution in [1.82, 2.24) is 10.3 Å². The summed E-state index contributed by atoms with van der Waals surface area (Å²) in [5, 5.41) is 6.13. The molecule has 1 fully saturated rings. The van der Waals surface area contributed by atoms with Crippen LogP contribution >= 0.6 is 27.3 Å². The minimum atomic E-state index is -0.387. The van der Waals surface area contributed by atoms with E-state index in [-0.39, 0.29) is 11.4 Å². The summed E-state index contributed by atoms with van der Waals surface area (Å²) in [4.78, 5) is 16.8. The zero-order valence-electron chi connectivity index (χ0n) is 13.4. The lowest BCUT2D eigenvalue weighted by Gasteiger charge is -2.38. The molecular weight excluding hydrogens is 388 g/mol. The average molecular weight is 407 g/mol. The van der Waals surface area contributed by atoms with Crippen LogP contribution in [0, 0.1) is 6.92 Å². The maximum absolute atomic E-state index is 12.5. The summed E-state index contributed by atoms with van der Waals surface area (Å²) in [5.74, 6) is -0.109. The fourth-order valence-electron chi connectivity index (χ4n) is 2.89. The summed E-state index contributed by atoms with van der Waals surface area (Å²) in [6.45, 7) is 3.23. The smallest absolute Gasteiger partial charge is 0.244 e. The third-order valence-corrected chi connectivity index (χ3v) is 5.41. The number of nitrogens with zero attached hydrogens (tertiary/aromatic N) is 1. The van der Waals surface area contributed by atoms with Crippen molar-refractivity contribution in [2.24, 2.45) is 0 Å². The van der Waals surface area contributed by atoms with Crippen LogP contribution in [0.15, 0.2) is 40.2 Å². The van der Waals surface area contributed by atoms with Crippen LogP contribution in [-0.2, 0) is 15.1 Å². The van der Waals surface area contributed by atoms with Gasteiger partial charge in [-0.25, -0.2) is 4.98 Å². The standard InChI is InChI=1S/C18H19BrN2O2S/c1-13-20-16(12-24-13)5-6-17(22)21-18(7-9-23-10-8-18)14-3-2-4-15(19)11-14/h2-6,11-12H,7-10H2,1H3,(H,21,22)/b6-5+. The fourth-order valence-corrected chi connectivity index (χ4v) is 3.87. The summed E-state index contributed by atoms with van der Waals surface area (Å²) in [5.41, 5.74) is 1.53. The van der Waals surface area contributed by atoms with Crippen LogP contribution in [0.2, 0.25) is 0 Å². The van der Waals surface area contributed by atoms with Crippen molar-refractivity contribution in [1.29, 1.82) is 0 Å². The van der Waals surface area contributed by atoms with E-state index < -0.39 is 0 Å². The first-order valence-corrected chi connectivity index (χ1v) is 9.51. The lowest BCUT2D eigenvalue weighted by Crippen LogP contribution is -2.49. The van der Waals surface area contributed by atoms with Crippen molar-refractivity contribution in [3.63, 3.8) is 0 Å². The van der Waals surface area contributed by atoms with Gasteiger partial charge >= 0.3 is 0 Å². The molecule has 6 heteroatoms. The van der Waals surface area contributed by atoms with Crippen LogP contribution in [0.3, 0.4) is 0 Å². The number of halogens is 1. The van der Waals surface area contributed by atoms with Gasteiger partial charge in [0.1, 0.15) is 0 Å². The van der Waals surface area contributed by atoms with E-state index in [4.69, 9.17) is 4.74 Å². The lowest BCUT2D eigenvalue weighted by atomic mass is 9.82. The number of thiazole rings is 1. The van der Waals surface area contributed by atoms with E-state index in [1.165, 1.54) is 0 Å². The molecule has 0 radical (unpaired) electrons. The number of rotatable bonds is 4. The Kier molecular flexibility index (Phi) is 5.48. The van der Waals surface area contributed by atoms with E-state index in [0.717, 1.165) is 33.6 Å². The van der Waals surface area contributed by atoms with Gasteiger partial charge in [-0.05, 0) is 43.5 Å². The third-order valence-electron chi connectivity index (χ3n) is 4.13. The molecule has 1 aromatic heterocycles. The van der Waals surface area contributed by atoms with Gasteiger partial charge in [-0.1, -0.05) is 28.1 Å². The molecule has 0 unspecified atom stereocenters. The Bertz CT molecular complexity index is 751. The van der Waals surface area contributed by atoms with E-state index in [9.17, 15) is 4.79 Å². The second kappa shape index (κ2) is 7.59. The number of benzene rings is 1. The van der Waals surface area contributed by atoms with Crippen LogP contribution in [0.5, 0.6) is 0 Å². The topological polar surface area (TPSA) is 51.2 Å². The Morgan fingerprint density at radius 1 is 1.42 bits per heavy atom. The molecule has 24 heavy (non-hydrogen) atoms. The minimum Gasteiger partial charge on any atom is -0.381 e. The van der Waals surface area contributed by atoms with E-state index in [1.54, 1.807) is 23.5 Å². The number of hydrogen-bond acceptors (Lipinski definition) is 4. The Labute approximate surface area is 154 Å². The minimum absolute atomic E-state index is 0.109. The molecule has 3 rings (SSSR count). The Balaban J connectivity index is 1.79. The molecular formula is C18H19BrN2O2S. The lowest BCUT2D eigenvalue weighted by molar-refractivity contribution is -0.119. The van der Waals surface area contributed by atoms with Gasteiger partial charge in [0.05, 0.1) is 16.2 Å². The van der Waals surface area contributed by atoms with Crippen molar-refractivity contribution in [2.45, 2.75) is 25.3 Å². The molecule has 1 N–H and O–H groups in total. The highest BCUT2D eigenvalue weighted by atomic mass is 79.9. The van der Waals surface area contributed by atoms with Crippen LogP contribution in [0.4, 0.5) is 0 Å². The molecule has 4 nitrogen and oxygen atoms in total. The molecule has 126 valence electrons. The predicted octanol–water partition coefficient (Wildman–Crippen LogP) is 4.05. The number of carbonyl (C=O) groups excluding carboxylic acids is 1. The highest BCUT2D eigenvalue weighted by Crippen LogP contribution is 2.33. The SMILES string of the molecule is Cc1nc(/C=C/C(=O)NC2(c3cccc(Br)c3)CCOCC2)cs1. The Hall–Kier alpha value is -1.50. The maximum atomic E-state index is 12.5. The summed E-state index contributed by atoms with van der Waals surface area (Å²) >= 11 is 5.09. The van der Waals surface area contributed by atoms with Crippen molar-refractivity contribution >= 4 is 39.2 Å². The van der Waals surface area contributed by atoms with Gasteiger partial charge in [0.25, 0.3) is 0 Å². The third kappa shape index (κ3) is 4.12. The molecule has 0 atom stereocenters. The molecule has 0 aliphatic carbocycles. The van der Waals surface area contributed by atoms with Crippen LogP contribution in [0.25, 0.3) is 6.08 Å². The van der Waals surface area contributed by atoms with Crippen molar-refractivity contribution < 1.29 is 9.53 Å². The Morgan fingerprint density at radius 3 is 2.88 bits per heavy atom. The van der Waals surface area contributed by atoms with E-state index in [0.29, 0.717) is 13.2 Å². The average Bonchev–Trinajstić information content (AvgIpc) is 2.99. The molecule has 0 spiro atoms. The van der Waals surface area contributed by atoms with E-state index >= 15 is 0 Å². The molecule has 0 saturated carbocycles. The van der Waals surface area contributed by atoms with Gasteiger partial charge in [-0.2, -0.15) is 0 Å². The molecule has 2 heterocycles. The largest absolute Gasteiger partial charge is 0.381 e. The summed E-state index contributed by atoms with van der Waals surface area (Å²) in [6.07, 6.45) is 4.84. The predicted molar refractivity (Wildman–Crippen MR) is 99.9 cm³/mol. The first kappa shape index (κ1) is 17.3. The summed E-state index contributed by atoms with van der Waals surface area (Å²) in [6, 6.07) is 8.11. The van der Waals surface area contributed by atoms with Crippen LogP contribution in [-0.4, -0.2) is 24.1 Å². The highest BCUT2D eigenvalue weighted by molar-refractivity contribution is 9.10. The number of aromatic nitrogens is 1. The van der Waals surface area contributed by atoms with E-state index in [1.807, 2.05) is 24.4 Å². The van der Waals surface area contributed by atoms with Gasteiger partial charge in [-0.3, -0.25) is 4.79 Å². The number of nitrogens with one attached hydrogen (secondary N) is 1. The zero-order chi connectivity index (χ0) is 17.0. The van der Waals surface area contributed by atoms with Gasteiger partial charge in [-0.15, -0.1) is 11.3 Å². The molecule has 1 aliphatic heterocycles. The zero-order valence-corrected chi connectivity index (χ0v) is 15.8. The van der Waals surface area contributed by atoms with Gasteiger partial charge in [0.15, 0.2) is 0 Å². The van der Waals surface area contributed by atoms with E-state index in [2.05, 4.69) is 38.4 Å². The monoisotopic (exact) mass is 406 g/mol. The van der Waals surface area contributed by atoms with Crippen molar-refractivity contribution in [2.75, 3.05) is 13.2 Å². The fraction of sp³-hybridized carbons (Fsp3) is 0.333. The molecule has 1 amide bonds. The first-order chi connectivity index (χ1) is 11.6. The van der Waals surface area contributed by atoms with Gasteiger partial charge in [0.2, 0.25) is 5.91 Å². The molecule has 0 bridgehead atoms. The second-order valence-electron chi connectivity index (χ2n) is 5.82. The van der Waals surface area contributed by atoms with Crippen LogP contribution in [0.1, 0.15) is 29.1 Å². The number of amides is 1. The summed E-state index contributed by atoms with van der Waals surface area (Å²) < 4.78 is 6.51. The van der Waals surface area contributed by atoms with Crippen molar-refractivity contribution in [3.05, 3.63) is 56.5 Å².